The number of aromatic nitrogens is 2. The molecule has 19 heavy (non-hydrogen) atoms. The molecule has 2 rings (SSSR count). The van der Waals surface area contributed by atoms with Crippen LogP contribution in [0.25, 0.3) is 0 Å². The molecule has 6 nitrogen and oxygen atoms in total. The molecule has 1 aromatic heterocycles. The Morgan fingerprint density at radius 3 is 2.74 bits per heavy atom. The maximum atomic E-state index is 13.2. The molecule has 0 radical (unpaired) electrons. The minimum absolute atomic E-state index is 0.326. The highest BCUT2D eigenvalue weighted by Gasteiger charge is 2.12. The number of benzene rings is 1. The lowest BCUT2D eigenvalue weighted by Gasteiger charge is -2.13. The Morgan fingerprint density at radius 2 is 2.05 bits per heavy atom. The summed E-state index contributed by atoms with van der Waals surface area (Å²) >= 11 is 3.32. The van der Waals surface area contributed by atoms with Crippen LogP contribution in [0, 0.1) is 5.82 Å². The lowest BCUT2D eigenvalue weighted by molar-refractivity contribution is 0.415. The van der Waals surface area contributed by atoms with E-state index in [0.29, 0.717) is 27.5 Å². The third kappa shape index (κ3) is 2.91. The summed E-state index contributed by atoms with van der Waals surface area (Å²) in [5.74, 6) is 5.99. The smallest absolute Gasteiger partial charge is 0.205 e. The van der Waals surface area contributed by atoms with E-state index < -0.39 is 0 Å². The van der Waals surface area contributed by atoms with Crippen LogP contribution in [-0.2, 0) is 0 Å². The molecule has 1 aromatic carbocycles. The van der Waals surface area contributed by atoms with E-state index in [-0.39, 0.29) is 5.82 Å². The van der Waals surface area contributed by atoms with Gasteiger partial charge in [0.2, 0.25) is 5.75 Å². The summed E-state index contributed by atoms with van der Waals surface area (Å²) in [5, 5.41) is 2.95. The van der Waals surface area contributed by atoms with Gasteiger partial charge in [0, 0.05) is 4.47 Å². The van der Waals surface area contributed by atoms with Gasteiger partial charge in [0.25, 0.3) is 0 Å². The van der Waals surface area contributed by atoms with Crippen molar-refractivity contribution in [2.75, 3.05) is 17.9 Å². The van der Waals surface area contributed by atoms with E-state index in [2.05, 4.69) is 36.6 Å². The molecule has 0 atom stereocenters. The fourth-order valence-electron chi connectivity index (χ4n) is 1.48. The summed E-state index contributed by atoms with van der Waals surface area (Å²) in [7, 11) is 1.46. The van der Waals surface area contributed by atoms with Crippen LogP contribution in [0.15, 0.2) is 29.0 Å². The van der Waals surface area contributed by atoms with E-state index in [1.54, 1.807) is 6.07 Å². The molecule has 0 aliphatic carbocycles. The number of rotatable bonds is 4. The molecule has 0 saturated carbocycles. The van der Waals surface area contributed by atoms with Gasteiger partial charge in [-0.05, 0) is 34.1 Å². The van der Waals surface area contributed by atoms with Crippen molar-refractivity contribution in [2.24, 2.45) is 5.84 Å². The lowest BCUT2D eigenvalue weighted by atomic mass is 10.3. The monoisotopic (exact) mass is 327 g/mol. The number of nitrogens with two attached hydrogens (primary N) is 1. The molecule has 0 saturated heterocycles. The summed E-state index contributed by atoms with van der Waals surface area (Å²) in [5.41, 5.74) is 2.91. The third-order valence-electron chi connectivity index (χ3n) is 2.33. The number of nitrogens with one attached hydrogen (secondary N) is 2. The SMILES string of the molecule is COc1c(NN)ncnc1Nc1cc(F)ccc1Br. The van der Waals surface area contributed by atoms with E-state index in [0.717, 1.165) is 0 Å². The standard InChI is InChI=1S/C11H11BrFN5O/c1-19-9-10(15-5-16-11(9)18-14)17-8-4-6(13)2-3-7(8)12/h2-5H,14H2,1H3,(H2,15,16,17,18). The number of hydrazine groups is 1. The lowest BCUT2D eigenvalue weighted by Crippen LogP contribution is -2.11. The number of ether oxygens (including phenoxy) is 1. The van der Waals surface area contributed by atoms with Crippen LogP contribution in [0.5, 0.6) is 5.75 Å². The van der Waals surface area contributed by atoms with Gasteiger partial charge in [0.1, 0.15) is 12.1 Å². The fraction of sp³-hybridized carbons (Fsp3) is 0.0909. The average Bonchev–Trinajstić information content (AvgIpc) is 2.42. The van der Waals surface area contributed by atoms with Gasteiger partial charge in [-0.2, -0.15) is 0 Å². The minimum atomic E-state index is -0.365. The number of anilines is 3. The maximum absolute atomic E-state index is 13.2. The topological polar surface area (TPSA) is 85.1 Å². The number of hydrogen-bond acceptors (Lipinski definition) is 6. The molecule has 0 amide bonds. The van der Waals surface area contributed by atoms with Gasteiger partial charge in [-0.15, -0.1) is 0 Å². The summed E-state index contributed by atoms with van der Waals surface area (Å²) in [6, 6.07) is 4.27. The van der Waals surface area contributed by atoms with Gasteiger partial charge < -0.3 is 15.5 Å². The second-order valence-electron chi connectivity index (χ2n) is 3.50. The number of methoxy groups -OCH3 is 1. The normalized spacial score (nSPS) is 10.1. The van der Waals surface area contributed by atoms with Crippen molar-refractivity contribution >= 4 is 33.3 Å². The number of hydrogen-bond donors (Lipinski definition) is 3. The largest absolute Gasteiger partial charge is 0.490 e. The van der Waals surface area contributed by atoms with Crippen molar-refractivity contribution < 1.29 is 9.13 Å². The summed E-state index contributed by atoms with van der Waals surface area (Å²) in [6.07, 6.45) is 1.31. The molecule has 0 unspecified atom stereocenters. The van der Waals surface area contributed by atoms with Crippen LogP contribution >= 0.6 is 15.9 Å². The van der Waals surface area contributed by atoms with E-state index in [1.165, 1.54) is 25.6 Å². The first-order valence-electron chi connectivity index (χ1n) is 5.23. The first-order valence-corrected chi connectivity index (χ1v) is 6.02. The molecule has 2 aromatic rings. The second kappa shape index (κ2) is 5.81. The van der Waals surface area contributed by atoms with Crippen LogP contribution in [0.1, 0.15) is 0 Å². The zero-order valence-corrected chi connectivity index (χ0v) is 11.5. The Morgan fingerprint density at radius 1 is 1.32 bits per heavy atom. The third-order valence-corrected chi connectivity index (χ3v) is 3.02. The van der Waals surface area contributed by atoms with Gasteiger partial charge in [0.05, 0.1) is 12.8 Å². The summed E-state index contributed by atoms with van der Waals surface area (Å²) in [4.78, 5) is 7.95. The molecular formula is C11H11BrFN5O. The van der Waals surface area contributed by atoms with Crippen LogP contribution in [0.4, 0.5) is 21.7 Å². The molecule has 100 valence electrons. The molecule has 0 spiro atoms. The van der Waals surface area contributed by atoms with Crippen molar-refractivity contribution in [3.63, 3.8) is 0 Å². The number of halogens is 2. The Labute approximate surface area is 117 Å². The zero-order valence-electron chi connectivity index (χ0n) is 9.95. The van der Waals surface area contributed by atoms with Gasteiger partial charge in [-0.3, -0.25) is 0 Å². The first-order chi connectivity index (χ1) is 9.15. The number of nitrogens with zero attached hydrogens (tertiary/aromatic N) is 2. The maximum Gasteiger partial charge on any atom is 0.205 e. The molecule has 0 fully saturated rings. The molecule has 8 heteroatoms. The molecular weight excluding hydrogens is 317 g/mol. The van der Waals surface area contributed by atoms with Gasteiger partial charge in [0.15, 0.2) is 11.6 Å². The Balaban J connectivity index is 2.40. The Hall–Kier alpha value is -1.93. The van der Waals surface area contributed by atoms with Gasteiger partial charge >= 0.3 is 0 Å². The van der Waals surface area contributed by atoms with E-state index in [4.69, 9.17) is 10.6 Å². The average molecular weight is 328 g/mol. The van der Waals surface area contributed by atoms with Crippen LogP contribution in [0.2, 0.25) is 0 Å². The minimum Gasteiger partial charge on any atom is -0.490 e. The zero-order chi connectivity index (χ0) is 13.8. The molecule has 0 bridgehead atoms. The summed E-state index contributed by atoms with van der Waals surface area (Å²) in [6.45, 7) is 0. The molecule has 4 N–H and O–H groups in total. The second-order valence-corrected chi connectivity index (χ2v) is 4.35. The van der Waals surface area contributed by atoms with Crippen molar-refractivity contribution in [3.8, 4) is 5.75 Å². The van der Waals surface area contributed by atoms with Crippen LogP contribution in [-0.4, -0.2) is 17.1 Å². The predicted octanol–water partition coefficient (Wildman–Crippen LogP) is 2.42. The van der Waals surface area contributed by atoms with Crippen molar-refractivity contribution in [3.05, 3.63) is 34.8 Å². The van der Waals surface area contributed by atoms with E-state index in [1.807, 2.05) is 0 Å². The molecule has 0 aliphatic rings. The van der Waals surface area contributed by atoms with Crippen molar-refractivity contribution in [2.45, 2.75) is 0 Å². The molecule has 0 aliphatic heterocycles. The van der Waals surface area contributed by atoms with E-state index in [9.17, 15) is 4.39 Å². The van der Waals surface area contributed by atoms with Gasteiger partial charge in [-0.25, -0.2) is 20.2 Å². The quantitative estimate of drug-likeness (QED) is 0.590. The van der Waals surface area contributed by atoms with E-state index >= 15 is 0 Å². The highest BCUT2D eigenvalue weighted by atomic mass is 79.9. The first kappa shape index (κ1) is 13.5. The highest BCUT2D eigenvalue weighted by molar-refractivity contribution is 9.10. The van der Waals surface area contributed by atoms with Crippen molar-refractivity contribution in [1.82, 2.24) is 9.97 Å². The molecule has 1 heterocycles. The van der Waals surface area contributed by atoms with Crippen LogP contribution < -0.4 is 21.3 Å². The van der Waals surface area contributed by atoms with Crippen molar-refractivity contribution in [1.29, 1.82) is 0 Å². The number of nitrogen functional groups attached to an aromatic ring is 1. The Kier molecular flexibility index (Phi) is 4.13. The highest BCUT2D eigenvalue weighted by Crippen LogP contribution is 2.33. The predicted molar refractivity (Wildman–Crippen MR) is 73.8 cm³/mol. The van der Waals surface area contributed by atoms with Gasteiger partial charge in [-0.1, -0.05) is 0 Å². The fourth-order valence-corrected chi connectivity index (χ4v) is 1.83. The Bertz CT molecular complexity index is 595. The summed E-state index contributed by atoms with van der Waals surface area (Å²) < 4.78 is 19.1. The van der Waals surface area contributed by atoms with Crippen LogP contribution in [0.3, 0.4) is 0 Å².